The van der Waals surface area contributed by atoms with Gasteiger partial charge in [-0.05, 0) is 46.5 Å². The fraction of sp³-hybridized carbons (Fsp3) is 0.938. The van der Waals surface area contributed by atoms with E-state index in [1.807, 2.05) is 20.8 Å². The van der Waals surface area contributed by atoms with Gasteiger partial charge in [0.05, 0.1) is 0 Å². The average Bonchev–Trinajstić information content (AvgIpc) is 3.07. The molecule has 118 valence electrons. The summed E-state index contributed by atoms with van der Waals surface area (Å²) in [6, 6.07) is 0.862. The summed E-state index contributed by atoms with van der Waals surface area (Å²) in [5.74, 6) is 0.929. The molecule has 0 aromatic rings. The van der Waals surface area contributed by atoms with Crippen molar-refractivity contribution in [2.75, 3.05) is 6.54 Å². The molecule has 2 N–H and O–H groups in total. The first-order valence-electron chi connectivity index (χ1n) is 8.03. The molecule has 1 amide bonds. The van der Waals surface area contributed by atoms with E-state index in [1.54, 1.807) is 0 Å². The minimum Gasteiger partial charge on any atom is -0.444 e. The van der Waals surface area contributed by atoms with Crippen LogP contribution in [0.1, 0.15) is 66.7 Å². The molecule has 1 rings (SSSR count). The van der Waals surface area contributed by atoms with Gasteiger partial charge >= 0.3 is 6.09 Å². The van der Waals surface area contributed by atoms with Crippen LogP contribution in [-0.2, 0) is 4.74 Å². The van der Waals surface area contributed by atoms with E-state index in [0.29, 0.717) is 18.6 Å². The Morgan fingerprint density at radius 1 is 1.35 bits per heavy atom. The normalized spacial score (nSPS) is 18.4. The van der Waals surface area contributed by atoms with E-state index in [9.17, 15) is 4.79 Å². The van der Waals surface area contributed by atoms with Crippen LogP contribution in [0.25, 0.3) is 0 Å². The van der Waals surface area contributed by atoms with Crippen LogP contribution in [0.15, 0.2) is 0 Å². The van der Waals surface area contributed by atoms with Crippen molar-refractivity contribution in [3.05, 3.63) is 0 Å². The lowest BCUT2D eigenvalue weighted by Crippen LogP contribution is -2.45. The number of amides is 1. The molecule has 0 radical (unpaired) electrons. The molecule has 2 unspecified atom stereocenters. The second-order valence-electron chi connectivity index (χ2n) is 7.12. The largest absolute Gasteiger partial charge is 0.444 e. The van der Waals surface area contributed by atoms with Crippen LogP contribution < -0.4 is 10.6 Å². The lowest BCUT2D eigenvalue weighted by atomic mass is 10.1. The van der Waals surface area contributed by atoms with Crippen molar-refractivity contribution in [2.24, 2.45) is 5.92 Å². The summed E-state index contributed by atoms with van der Waals surface area (Å²) in [6.07, 6.45) is 5.90. The Kier molecular flexibility index (Phi) is 6.80. The zero-order valence-corrected chi connectivity index (χ0v) is 13.8. The van der Waals surface area contributed by atoms with E-state index in [1.165, 1.54) is 19.3 Å². The van der Waals surface area contributed by atoms with Crippen molar-refractivity contribution in [1.29, 1.82) is 0 Å². The Morgan fingerprint density at radius 3 is 2.50 bits per heavy atom. The maximum atomic E-state index is 11.7. The lowest BCUT2D eigenvalue weighted by molar-refractivity contribution is 0.0521. The van der Waals surface area contributed by atoms with Gasteiger partial charge in [0.25, 0.3) is 0 Å². The molecule has 0 aromatic carbocycles. The molecule has 0 bridgehead atoms. The number of rotatable bonds is 8. The first kappa shape index (κ1) is 17.3. The highest BCUT2D eigenvalue weighted by atomic mass is 16.6. The Hall–Kier alpha value is -0.770. The third kappa shape index (κ3) is 8.41. The van der Waals surface area contributed by atoms with Crippen LogP contribution in [0.4, 0.5) is 4.79 Å². The van der Waals surface area contributed by atoms with Crippen LogP contribution in [0, 0.1) is 5.92 Å². The van der Waals surface area contributed by atoms with Gasteiger partial charge in [-0.3, -0.25) is 0 Å². The molecule has 0 spiro atoms. The van der Waals surface area contributed by atoms with E-state index < -0.39 is 5.60 Å². The van der Waals surface area contributed by atoms with Crippen molar-refractivity contribution >= 4 is 6.09 Å². The van der Waals surface area contributed by atoms with E-state index in [-0.39, 0.29) is 6.09 Å². The predicted octanol–water partition coefficient (Wildman–Crippen LogP) is 3.46. The summed E-state index contributed by atoms with van der Waals surface area (Å²) in [4.78, 5) is 11.7. The second kappa shape index (κ2) is 7.87. The third-order valence-electron chi connectivity index (χ3n) is 3.43. The molecular formula is C16H32N2O2. The highest BCUT2D eigenvalue weighted by Gasteiger charge is 2.24. The average molecular weight is 284 g/mol. The van der Waals surface area contributed by atoms with Crippen molar-refractivity contribution < 1.29 is 9.53 Å². The van der Waals surface area contributed by atoms with Gasteiger partial charge in [0.1, 0.15) is 5.60 Å². The zero-order valence-electron chi connectivity index (χ0n) is 13.8. The molecule has 0 aromatic heterocycles. The molecule has 0 heterocycles. The molecule has 1 aliphatic carbocycles. The van der Waals surface area contributed by atoms with Gasteiger partial charge in [-0.2, -0.15) is 0 Å². The van der Waals surface area contributed by atoms with E-state index >= 15 is 0 Å². The summed E-state index contributed by atoms with van der Waals surface area (Å²) in [5.41, 5.74) is -0.434. The fourth-order valence-corrected chi connectivity index (χ4v) is 2.44. The smallest absolute Gasteiger partial charge is 0.407 e. The topological polar surface area (TPSA) is 50.4 Å². The van der Waals surface area contributed by atoms with E-state index in [0.717, 1.165) is 18.8 Å². The Bertz CT molecular complexity index is 295. The van der Waals surface area contributed by atoms with Gasteiger partial charge in [-0.1, -0.05) is 26.2 Å². The number of hydrogen-bond acceptors (Lipinski definition) is 3. The number of alkyl carbamates (subject to hydrolysis) is 1. The van der Waals surface area contributed by atoms with Crippen molar-refractivity contribution in [2.45, 2.75) is 84.4 Å². The lowest BCUT2D eigenvalue weighted by Gasteiger charge is -2.25. The van der Waals surface area contributed by atoms with Gasteiger partial charge in [0.2, 0.25) is 0 Å². The fourth-order valence-electron chi connectivity index (χ4n) is 2.44. The highest BCUT2D eigenvalue weighted by Crippen LogP contribution is 2.33. The number of ether oxygens (including phenoxy) is 1. The van der Waals surface area contributed by atoms with Gasteiger partial charge in [0, 0.05) is 18.6 Å². The van der Waals surface area contributed by atoms with Crippen molar-refractivity contribution in [3.63, 3.8) is 0 Å². The number of hydrogen-bond donors (Lipinski definition) is 2. The number of carbonyl (C=O) groups excluding carboxylic acids is 1. The molecule has 1 saturated carbocycles. The standard InChI is InChI=1S/C16H32N2O2/c1-6-7-14(18-12(2)10-13-8-9-13)11-17-15(19)20-16(3,4)5/h12-14,18H,6-11H2,1-5H3,(H,17,19). The molecule has 0 aliphatic heterocycles. The number of carbonyl (C=O) groups is 1. The quantitative estimate of drug-likeness (QED) is 0.717. The van der Waals surface area contributed by atoms with Crippen molar-refractivity contribution in [3.8, 4) is 0 Å². The van der Waals surface area contributed by atoms with E-state index in [2.05, 4.69) is 24.5 Å². The Morgan fingerprint density at radius 2 is 2.00 bits per heavy atom. The summed E-state index contributed by atoms with van der Waals surface area (Å²) in [5, 5.41) is 6.51. The maximum Gasteiger partial charge on any atom is 0.407 e. The second-order valence-corrected chi connectivity index (χ2v) is 7.12. The zero-order chi connectivity index (χ0) is 15.2. The minimum absolute atomic E-state index is 0.324. The van der Waals surface area contributed by atoms with Gasteiger partial charge < -0.3 is 15.4 Å². The maximum absolute atomic E-state index is 11.7. The van der Waals surface area contributed by atoms with Crippen molar-refractivity contribution in [1.82, 2.24) is 10.6 Å². The van der Waals surface area contributed by atoms with Crippen LogP contribution in [0.3, 0.4) is 0 Å². The van der Waals surface area contributed by atoms with Gasteiger partial charge in [0.15, 0.2) is 0 Å². The molecule has 20 heavy (non-hydrogen) atoms. The summed E-state index contributed by atoms with van der Waals surface area (Å²) < 4.78 is 5.27. The first-order valence-corrected chi connectivity index (χ1v) is 8.03. The first-order chi connectivity index (χ1) is 9.30. The summed E-state index contributed by atoms with van der Waals surface area (Å²) >= 11 is 0. The summed E-state index contributed by atoms with van der Waals surface area (Å²) in [7, 11) is 0. The summed E-state index contributed by atoms with van der Waals surface area (Å²) in [6.45, 7) is 10.7. The van der Waals surface area contributed by atoms with Crippen LogP contribution in [-0.4, -0.2) is 30.3 Å². The van der Waals surface area contributed by atoms with Gasteiger partial charge in [-0.25, -0.2) is 4.79 Å². The van der Waals surface area contributed by atoms with Crippen LogP contribution in [0.5, 0.6) is 0 Å². The molecular weight excluding hydrogens is 252 g/mol. The molecule has 4 heteroatoms. The minimum atomic E-state index is -0.434. The molecule has 1 aliphatic rings. The van der Waals surface area contributed by atoms with Crippen LogP contribution >= 0.6 is 0 Å². The third-order valence-corrected chi connectivity index (χ3v) is 3.43. The highest BCUT2D eigenvalue weighted by molar-refractivity contribution is 5.67. The molecule has 4 nitrogen and oxygen atoms in total. The Labute approximate surface area is 124 Å². The van der Waals surface area contributed by atoms with Gasteiger partial charge in [-0.15, -0.1) is 0 Å². The SMILES string of the molecule is CCCC(CNC(=O)OC(C)(C)C)NC(C)CC1CC1. The molecule has 0 saturated heterocycles. The monoisotopic (exact) mass is 284 g/mol. The Balaban J connectivity index is 2.28. The van der Waals surface area contributed by atoms with E-state index in [4.69, 9.17) is 4.74 Å². The van der Waals surface area contributed by atoms with Crippen LogP contribution in [0.2, 0.25) is 0 Å². The molecule has 1 fully saturated rings. The predicted molar refractivity (Wildman–Crippen MR) is 82.9 cm³/mol. The number of nitrogens with one attached hydrogen (secondary N) is 2. The molecule has 2 atom stereocenters.